The van der Waals surface area contributed by atoms with Crippen molar-refractivity contribution in [2.45, 2.75) is 19.3 Å². The third kappa shape index (κ3) is 2.89. The van der Waals surface area contributed by atoms with Crippen LogP contribution < -0.4 is 5.73 Å². The van der Waals surface area contributed by atoms with Crippen molar-refractivity contribution in [2.24, 2.45) is 10.7 Å². The minimum absolute atomic E-state index is 0.128. The molecule has 72 valence electrons. The standard InChI is InChI=1S/C9H14N2O2/c1-13-9(12)8(10)6-7-4-2-3-5-11-7/h6H,2-5,10H2,1H3. The van der Waals surface area contributed by atoms with E-state index in [-0.39, 0.29) is 5.70 Å². The van der Waals surface area contributed by atoms with Crippen LogP contribution in [0.25, 0.3) is 0 Å². The minimum atomic E-state index is -0.492. The molecular formula is C9H14N2O2. The van der Waals surface area contributed by atoms with Crippen molar-refractivity contribution in [1.29, 1.82) is 0 Å². The van der Waals surface area contributed by atoms with Gasteiger partial charge in [-0.2, -0.15) is 0 Å². The van der Waals surface area contributed by atoms with Gasteiger partial charge in [-0.15, -0.1) is 0 Å². The molecule has 4 heteroatoms. The van der Waals surface area contributed by atoms with E-state index in [0.717, 1.165) is 31.5 Å². The Morgan fingerprint density at radius 2 is 2.38 bits per heavy atom. The van der Waals surface area contributed by atoms with Crippen molar-refractivity contribution in [3.63, 3.8) is 0 Å². The molecule has 0 spiro atoms. The van der Waals surface area contributed by atoms with Crippen molar-refractivity contribution in [3.05, 3.63) is 11.8 Å². The fourth-order valence-electron chi connectivity index (χ4n) is 1.19. The van der Waals surface area contributed by atoms with Crippen LogP contribution in [0.15, 0.2) is 16.8 Å². The maximum Gasteiger partial charge on any atom is 0.353 e. The topological polar surface area (TPSA) is 64.7 Å². The van der Waals surface area contributed by atoms with Crippen LogP contribution in [-0.2, 0) is 9.53 Å². The Balaban J connectivity index is 2.63. The molecule has 0 amide bonds. The summed E-state index contributed by atoms with van der Waals surface area (Å²) in [6, 6.07) is 0. The van der Waals surface area contributed by atoms with E-state index in [1.165, 1.54) is 7.11 Å². The van der Waals surface area contributed by atoms with Crippen LogP contribution >= 0.6 is 0 Å². The summed E-state index contributed by atoms with van der Waals surface area (Å²) < 4.78 is 4.47. The molecule has 4 nitrogen and oxygen atoms in total. The molecule has 0 saturated heterocycles. The number of hydrogen-bond donors (Lipinski definition) is 1. The maximum atomic E-state index is 10.9. The smallest absolute Gasteiger partial charge is 0.353 e. The van der Waals surface area contributed by atoms with Gasteiger partial charge in [0.25, 0.3) is 0 Å². The van der Waals surface area contributed by atoms with Gasteiger partial charge in [0.15, 0.2) is 0 Å². The highest BCUT2D eigenvalue weighted by Gasteiger charge is 2.07. The number of rotatable bonds is 2. The van der Waals surface area contributed by atoms with E-state index in [0.29, 0.717) is 0 Å². The van der Waals surface area contributed by atoms with Gasteiger partial charge in [-0.25, -0.2) is 4.79 Å². The number of aliphatic imine (C=N–C) groups is 1. The Morgan fingerprint density at radius 1 is 1.62 bits per heavy atom. The molecule has 2 N–H and O–H groups in total. The van der Waals surface area contributed by atoms with Crippen LogP contribution in [0.4, 0.5) is 0 Å². The fraction of sp³-hybridized carbons (Fsp3) is 0.556. The Labute approximate surface area is 77.5 Å². The van der Waals surface area contributed by atoms with Crippen molar-refractivity contribution in [2.75, 3.05) is 13.7 Å². The van der Waals surface area contributed by atoms with Crippen molar-refractivity contribution >= 4 is 11.7 Å². The predicted molar refractivity (Wildman–Crippen MR) is 50.4 cm³/mol. The van der Waals surface area contributed by atoms with Gasteiger partial charge in [0.2, 0.25) is 0 Å². The summed E-state index contributed by atoms with van der Waals surface area (Å²) in [5.41, 5.74) is 6.49. The number of methoxy groups -OCH3 is 1. The highest BCUT2D eigenvalue weighted by atomic mass is 16.5. The Kier molecular flexibility index (Phi) is 3.49. The second-order valence-corrected chi connectivity index (χ2v) is 2.92. The largest absolute Gasteiger partial charge is 0.464 e. The van der Waals surface area contributed by atoms with E-state index in [1.807, 2.05) is 0 Å². The molecule has 0 saturated carbocycles. The van der Waals surface area contributed by atoms with Crippen LogP contribution in [0.1, 0.15) is 19.3 Å². The van der Waals surface area contributed by atoms with Gasteiger partial charge in [-0.3, -0.25) is 4.99 Å². The molecule has 1 heterocycles. The lowest BCUT2D eigenvalue weighted by Gasteiger charge is -2.08. The first-order chi connectivity index (χ1) is 6.24. The van der Waals surface area contributed by atoms with Gasteiger partial charge in [0.05, 0.1) is 7.11 Å². The van der Waals surface area contributed by atoms with E-state index in [9.17, 15) is 4.79 Å². The van der Waals surface area contributed by atoms with Crippen LogP contribution in [0.3, 0.4) is 0 Å². The monoisotopic (exact) mass is 182 g/mol. The first-order valence-corrected chi connectivity index (χ1v) is 4.33. The lowest BCUT2D eigenvalue weighted by molar-refractivity contribution is -0.136. The maximum absolute atomic E-state index is 10.9. The first-order valence-electron chi connectivity index (χ1n) is 4.33. The van der Waals surface area contributed by atoms with Crippen LogP contribution in [-0.4, -0.2) is 25.3 Å². The molecule has 1 aliphatic rings. The Bertz CT molecular complexity index is 256. The summed E-state index contributed by atoms with van der Waals surface area (Å²) in [4.78, 5) is 15.2. The molecule has 0 aliphatic carbocycles. The minimum Gasteiger partial charge on any atom is -0.464 e. The highest BCUT2D eigenvalue weighted by Crippen LogP contribution is 2.07. The molecule has 13 heavy (non-hydrogen) atoms. The number of hydrogen-bond acceptors (Lipinski definition) is 4. The average molecular weight is 182 g/mol. The third-order valence-electron chi connectivity index (χ3n) is 1.90. The molecule has 0 unspecified atom stereocenters. The van der Waals surface area contributed by atoms with Gasteiger partial charge < -0.3 is 10.5 Å². The number of esters is 1. The number of allylic oxidation sites excluding steroid dienone is 1. The van der Waals surface area contributed by atoms with Gasteiger partial charge in [0.1, 0.15) is 5.70 Å². The third-order valence-corrected chi connectivity index (χ3v) is 1.90. The number of nitrogens with zero attached hydrogens (tertiary/aromatic N) is 1. The zero-order valence-electron chi connectivity index (χ0n) is 7.75. The van der Waals surface area contributed by atoms with E-state index < -0.39 is 5.97 Å². The van der Waals surface area contributed by atoms with Crippen molar-refractivity contribution < 1.29 is 9.53 Å². The van der Waals surface area contributed by atoms with Gasteiger partial charge in [-0.05, 0) is 25.3 Å². The number of carbonyl (C=O) groups excluding carboxylic acids is 1. The number of carbonyl (C=O) groups is 1. The van der Waals surface area contributed by atoms with E-state index in [4.69, 9.17) is 5.73 Å². The molecular weight excluding hydrogens is 168 g/mol. The molecule has 0 bridgehead atoms. The Morgan fingerprint density at radius 3 is 2.92 bits per heavy atom. The summed E-state index contributed by atoms with van der Waals surface area (Å²) in [6.45, 7) is 0.834. The zero-order chi connectivity index (χ0) is 9.68. The van der Waals surface area contributed by atoms with Gasteiger partial charge in [-0.1, -0.05) is 0 Å². The molecule has 0 aromatic carbocycles. The summed E-state index contributed by atoms with van der Waals surface area (Å²) in [6.07, 6.45) is 4.74. The fourth-order valence-corrected chi connectivity index (χ4v) is 1.19. The lowest BCUT2D eigenvalue weighted by atomic mass is 10.1. The van der Waals surface area contributed by atoms with E-state index >= 15 is 0 Å². The molecule has 0 fully saturated rings. The van der Waals surface area contributed by atoms with Gasteiger partial charge >= 0.3 is 5.97 Å². The average Bonchev–Trinajstić information content (AvgIpc) is 2.18. The SMILES string of the molecule is COC(=O)C(N)=CC1=NCCCC1. The highest BCUT2D eigenvalue weighted by molar-refractivity contribution is 6.01. The normalized spacial score (nSPS) is 17.9. The van der Waals surface area contributed by atoms with Crippen molar-refractivity contribution in [3.8, 4) is 0 Å². The number of nitrogens with two attached hydrogens (primary N) is 1. The van der Waals surface area contributed by atoms with Crippen LogP contribution in [0.2, 0.25) is 0 Å². The zero-order valence-corrected chi connectivity index (χ0v) is 7.75. The van der Waals surface area contributed by atoms with E-state index in [2.05, 4.69) is 9.73 Å². The molecule has 1 rings (SSSR count). The van der Waals surface area contributed by atoms with Crippen LogP contribution in [0.5, 0.6) is 0 Å². The quantitative estimate of drug-likeness (QED) is 0.503. The molecule has 0 aromatic heterocycles. The van der Waals surface area contributed by atoms with Gasteiger partial charge in [0, 0.05) is 12.3 Å². The predicted octanol–water partition coefficient (Wildman–Crippen LogP) is 0.627. The molecule has 0 atom stereocenters. The lowest BCUT2D eigenvalue weighted by Crippen LogP contribution is -2.15. The van der Waals surface area contributed by atoms with Crippen LogP contribution in [0, 0.1) is 0 Å². The van der Waals surface area contributed by atoms with E-state index in [1.54, 1.807) is 6.08 Å². The summed E-state index contributed by atoms with van der Waals surface area (Å²) in [5.74, 6) is -0.492. The second-order valence-electron chi connectivity index (χ2n) is 2.92. The summed E-state index contributed by atoms with van der Waals surface area (Å²) >= 11 is 0. The van der Waals surface area contributed by atoms with Crippen molar-refractivity contribution in [1.82, 2.24) is 0 Å². The molecule has 1 aliphatic heterocycles. The summed E-state index contributed by atoms with van der Waals surface area (Å²) in [5, 5.41) is 0. The first kappa shape index (κ1) is 9.77. The second kappa shape index (κ2) is 4.64. The molecule has 0 radical (unpaired) electrons. The number of ether oxygens (including phenoxy) is 1. The molecule has 0 aromatic rings. The Hall–Kier alpha value is -1.32. The summed E-state index contributed by atoms with van der Waals surface area (Å²) in [7, 11) is 1.31.